The number of fused-ring (bicyclic) bond motifs is 1. The molecule has 2 saturated heterocycles. The van der Waals surface area contributed by atoms with Gasteiger partial charge in [0.15, 0.2) is 0 Å². The number of nitrogens with zero attached hydrogens (tertiary/aromatic N) is 2. The van der Waals surface area contributed by atoms with E-state index in [1.54, 1.807) is 11.9 Å². The van der Waals surface area contributed by atoms with Crippen molar-refractivity contribution in [3.8, 4) is 0 Å². The molecule has 2 aliphatic heterocycles. The minimum Gasteiger partial charge on any atom is -0.359 e. The maximum absolute atomic E-state index is 12.9. The second kappa shape index (κ2) is 6.41. The Morgan fingerprint density at radius 3 is 2.58 bits per heavy atom. The molecule has 0 bridgehead atoms. The summed E-state index contributed by atoms with van der Waals surface area (Å²) in [5.41, 5.74) is 4.67. The van der Waals surface area contributed by atoms with E-state index in [2.05, 4.69) is 12.2 Å². The molecule has 4 rings (SSSR count). The van der Waals surface area contributed by atoms with E-state index in [9.17, 15) is 14.4 Å². The summed E-state index contributed by atoms with van der Waals surface area (Å²) in [6.45, 7) is 3.70. The Balaban J connectivity index is 1.41. The Kier molecular flexibility index (Phi) is 4.21. The quantitative estimate of drug-likeness (QED) is 0.876. The van der Waals surface area contributed by atoms with Gasteiger partial charge in [0, 0.05) is 38.7 Å². The Morgan fingerprint density at radius 2 is 1.85 bits per heavy atom. The van der Waals surface area contributed by atoms with Gasteiger partial charge in [-0.15, -0.1) is 0 Å². The summed E-state index contributed by atoms with van der Waals surface area (Å²) < 4.78 is 0. The molecule has 0 aromatic heterocycles. The fourth-order valence-corrected chi connectivity index (χ4v) is 4.54. The van der Waals surface area contributed by atoms with E-state index in [0.29, 0.717) is 19.6 Å². The van der Waals surface area contributed by atoms with Crippen LogP contribution in [0.3, 0.4) is 0 Å². The zero-order valence-corrected chi connectivity index (χ0v) is 15.4. The topological polar surface area (TPSA) is 69.7 Å². The minimum absolute atomic E-state index is 0.0203. The lowest BCUT2D eigenvalue weighted by atomic mass is 9.96. The Morgan fingerprint density at radius 1 is 1.12 bits per heavy atom. The Bertz CT molecular complexity index is 783. The number of likely N-dealkylation sites (tertiary alicyclic amines) is 2. The highest BCUT2D eigenvalue weighted by atomic mass is 16.2. The van der Waals surface area contributed by atoms with Crippen molar-refractivity contribution in [2.24, 2.45) is 5.92 Å². The lowest BCUT2D eigenvalue weighted by Crippen LogP contribution is -2.61. The second-order valence-electron chi connectivity index (χ2n) is 7.67. The third kappa shape index (κ3) is 2.68. The summed E-state index contributed by atoms with van der Waals surface area (Å²) in [5, 5.41) is 2.62. The highest BCUT2D eigenvalue weighted by Gasteiger charge is 2.43. The molecule has 0 spiro atoms. The van der Waals surface area contributed by atoms with Gasteiger partial charge in [0.2, 0.25) is 11.8 Å². The molecule has 0 saturated carbocycles. The van der Waals surface area contributed by atoms with E-state index in [4.69, 9.17) is 0 Å². The van der Waals surface area contributed by atoms with Gasteiger partial charge in [0.05, 0.1) is 12.0 Å². The van der Waals surface area contributed by atoms with Crippen molar-refractivity contribution in [2.75, 3.05) is 26.7 Å². The molecule has 1 atom stereocenters. The molecule has 1 N–H and O–H groups in total. The fraction of sp³-hybridized carbons (Fsp3) is 0.550. The fourth-order valence-electron chi connectivity index (χ4n) is 4.54. The molecule has 26 heavy (non-hydrogen) atoms. The number of amides is 3. The number of benzene rings is 1. The van der Waals surface area contributed by atoms with Gasteiger partial charge in [-0.2, -0.15) is 0 Å². The predicted octanol–water partition coefficient (Wildman–Crippen LogP) is 0.903. The summed E-state index contributed by atoms with van der Waals surface area (Å²) in [4.78, 5) is 40.5. The van der Waals surface area contributed by atoms with Crippen LogP contribution >= 0.6 is 0 Å². The molecule has 6 nitrogen and oxygen atoms in total. The van der Waals surface area contributed by atoms with Crippen molar-refractivity contribution < 1.29 is 14.4 Å². The predicted molar refractivity (Wildman–Crippen MR) is 96.8 cm³/mol. The van der Waals surface area contributed by atoms with Crippen molar-refractivity contribution in [3.63, 3.8) is 0 Å². The van der Waals surface area contributed by atoms with Crippen molar-refractivity contribution in [2.45, 2.75) is 38.6 Å². The lowest BCUT2D eigenvalue weighted by Gasteiger charge is -2.44. The smallest absolute Gasteiger partial charge is 0.254 e. The average Bonchev–Trinajstić information content (AvgIpc) is 3.21. The second-order valence-corrected chi connectivity index (χ2v) is 7.67. The molecule has 1 unspecified atom stereocenters. The van der Waals surface area contributed by atoms with Crippen LogP contribution in [0, 0.1) is 12.8 Å². The van der Waals surface area contributed by atoms with Gasteiger partial charge in [-0.3, -0.25) is 14.4 Å². The number of carbonyl (C=O) groups is 3. The van der Waals surface area contributed by atoms with E-state index in [1.165, 1.54) is 16.7 Å². The summed E-state index contributed by atoms with van der Waals surface area (Å²) in [7, 11) is 1.60. The molecular weight excluding hydrogens is 330 g/mol. The van der Waals surface area contributed by atoms with Gasteiger partial charge in [0.25, 0.3) is 5.91 Å². The summed E-state index contributed by atoms with van der Waals surface area (Å²) in [6, 6.07) is 4.05. The monoisotopic (exact) mass is 355 g/mol. The zero-order valence-electron chi connectivity index (χ0n) is 15.4. The normalized spacial score (nSPS) is 22.4. The number of hydrogen-bond acceptors (Lipinski definition) is 3. The van der Waals surface area contributed by atoms with E-state index < -0.39 is 0 Å². The molecule has 2 heterocycles. The highest BCUT2D eigenvalue weighted by molar-refractivity contribution is 5.97. The van der Waals surface area contributed by atoms with E-state index >= 15 is 0 Å². The molecule has 1 aromatic rings. The van der Waals surface area contributed by atoms with Gasteiger partial charge in [-0.25, -0.2) is 0 Å². The highest BCUT2D eigenvalue weighted by Crippen LogP contribution is 2.31. The zero-order chi connectivity index (χ0) is 18.4. The van der Waals surface area contributed by atoms with Crippen molar-refractivity contribution in [3.05, 3.63) is 34.4 Å². The van der Waals surface area contributed by atoms with Crippen LogP contribution in [0.25, 0.3) is 0 Å². The summed E-state index contributed by atoms with van der Waals surface area (Å²) in [6.07, 6.45) is 3.43. The van der Waals surface area contributed by atoms with E-state index in [-0.39, 0.29) is 36.1 Å². The van der Waals surface area contributed by atoms with Gasteiger partial charge >= 0.3 is 0 Å². The van der Waals surface area contributed by atoms with Crippen LogP contribution in [0.1, 0.15) is 39.9 Å². The molecule has 1 aromatic carbocycles. The molecule has 3 amide bonds. The first-order valence-corrected chi connectivity index (χ1v) is 9.41. The van der Waals surface area contributed by atoms with E-state index in [1.807, 2.05) is 17.0 Å². The van der Waals surface area contributed by atoms with Crippen molar-refractivity contribution >= 4 is 17.7 Å². The first kappa shape index (κ1) is 17.1. The Hall–Kier alpha value is -2.37. The maximum Gasteiger partial charge on any atom is 0.254 e. The number of aryl methyl sites for hydroxylation is 1. The van der Waals surface area contributed by atoms with Crippen LogP contribution in [0.4, 0.5) is 0 Å². The van der Waals surface area contributed by atoms with Gasteiger partial charge in [-0.1, -0.05) is 6.07 Å². The molecule has 2 fully saturated rings. The van der Waals surface area contributed by atoms with Crippen LogP contribution in [-0.2, 0) is 22.4 Å². The number of carbonyl (C=O) groups excluding carboxylic acids is 3. The van der Waals surface area contributed by atoms with Crippen LogP contribution in [0.2, 0.25) is 0 Å². The minimum atomic E-state index is -0.266. The van der Waals surface area contributed by atoms with Gasteiger partial charge in [0.1, 0.15) is 0 Å². The lowest BCUT2D eigenvalue weighted by molar-refractivity contribution is -0.132. The van der Waals surface area contributed by atoms with Crippen LogP contribution < -0.4 is 5.32 Å². The van der Waals surface area contributed by atoms with E-state index in [0.717, 1.165) is 24.8 Å². The summed E-state index contributed by atoms with van der Waals surface area (Å²) >= 11 is 0. The first-order valence-electron chi connectivity index (χ1n) is 9.41. The molecule has 1 aliphatic carbocycles. The molecule has 138 valence electrons. The molecule has 0 radical (unpaired) electrons. The maximum atomic E-state index is 12.9. The van der Waals surface area contributed by atoms with Crippen LogP contribution in [-0.4, -0.2) is 60.2 Å². The third-order valence-corrected chi connectivity index (χ3v) is 6.12. The van der Waals surface area contributed by atoms with Gasteiger partial charge in [-0.05, 0) is 48.9 Å². The average molecular weight is 355 g/mol. The molecule has 3 aliphatic rings. The molecular formula is C20H25N3O3. The standard InChI is InChI=1S/C20H25N3O3/c1-12-6-7-17(16-5-3-4-15(12)16)20(26)22-10-14(11-22)23-9-13(8-18(23)24)19(25)21-2/h6-7,13-14H,3-5,8-11H2,1-2H3,(H,21,25). The SMILES string of the molecule is CNC(=O)C1CC(=O)N(C2CN(C(=O)c3ccc(C)c4c3CCC4)C2)C1. The number of hydrogen-bond donors (Lipinski definition) is 1. The Labute approximate surface area is 153 Å². The largest absolute Gasteiger partial charge is 0.359 e. The molecule has 6 heteroatoms. The number of nitrogens with one attached hydrogen (secondary N) is 1. The van der Waals surface area contributed by atoms with Gasteiger partial charge < -0.3 is 15.1 Å². The third-order valence-electron chi connectivity index (χ3n) is 6.12. The first-order chi connectivity index (χ1) is 12.5. The van der Waals surface area contributed by atoms with Crippen LogP contribution in [0.5, 0.6) is 0 Å². The van der Waals surface area contributed by atoms with Crippen molar-refractivity contribution in [1.82, 2.24) is 15.1 Å². The van der Waals surface area contributed by atoms with Crippen molar-refractivity contribution in [1.29, 1.82) is 0 Å². The van der Waals surface area contributed by atoms with Crippen LogP contribution in [0.15, 0.2) is 12.1 Å². The summed E-state index contributed by atoms with van der Waals surface area (Å²) in [5.74, 6) is -0.248. The number of rotatable bonds is 3.